The van der Waals surface area contributed by atoms with E-state index in [1.54, 1.807) is 5.56 Å². The van der Waals surface area contributed by atoms with E-state index < -0.39 is 0 Å². The molecule has 0 bridgehead atoms. The number of thioether (sulfide) groups is 1. The molecule has 0 aromatic heterocycles. The van der Waals surface area contributed by atoms with Crippen molar-refractivity contribution in [3.8, 4) is 0 Å². The third-order valence-corrected chi connectivity index (χ3v) is 4.33. The highest BCUT2D eigenvalue weighted by atomic mass is 32.2. The molecule has 1 aliphatic rings. The summed E-state index contributed by atoms with van der Waals surface area (Å²) in [5, 5.41) is 3.20. The second-order valence-electron chi connectivity index (χ2n) is 4.41. The van der Waals surface area contributed by atoms with Crippen LogP contribution in [0.15, 0.2) is 29.2 Å². The summed E-state index contributed by atoms with van der Waals surface area (Å²) in [6.45, 7) is 3.36. The van der Waals surface area contributed by atoms with Crippen molar-refractivity contribution in [3.05, 3.63) is 29.8 Å². The fourth-order valence-electron chi connectivity index (χ4n) is 2.15. The number of fused-ring (bicyclic) bond motifs is 1. The number of hydrogen-bond acceptors (Lipinski definition) is 3. The molecule has 1 aliphatic heterocycles. The summed E-state index contributed by atoms with van der Waals surface area (Å²) >= 11 is 2.00. The lowest BCUT2D eigenvalue weighted by atomic mass is 10.0. The van der Waals surface area contributed by atoms with Crippen LogP contribution in [0.25, 0.3) is 0 Å². The van der Waals surface area contributed by atoms with Crippen LogP contribution in [-0.4, -0.2) is 44.4 Å². The maximum atomic E-state index is 3.20. The van der Waals surface area contributed by atoms with Gasteiger partial charge in [0.05, 0.1) is 0 Å². The van der Waals surface area contributed by atoms with Crippen molar-refractivity contribution in [2.75, 3.05) is 39.5 Å². The number of nitrogens with one attached hydrogen (secondary N) is 1. The van der Waals surface area contributed by atoms with Crippen LogP contribution >= 0.6 is 11.8 Å². The van der Waals surface area contributed by atoms with Gasteiger partial charge in [-0.15, -0.1) is 11.8 Å². The zero-order chi connectivity index (χ0) is 11.4. The molecule has 0 amide bonds. The summed E-state index contributed by atoms with van der Waals surface area (Å²) < 4.78 is 0. The lowest BCUT2D eigenvalue weighted by Crippen LogP contribution is -2.31. The quantitative estimate of drug-likeness (QED) is 0.842. The number of likely N-dealkylation sites (N-methyl/N-ethyl adjacent to an activating group) is 2. The predicted molar refractivity (Wildman–Crippen MR) is 71.3 cm³/mol. The molecular weight excluding hydrogens is 216 g/mol. The van der Waals surface area contributed by atoms with Gasteiger partial charge in [0.2, 0.25) is 0 Å². The average molecular weight is 236 g/mol. The van der Waals surface area contributed by atoms with Gasteiger partial charge >= 0.3 is 0 Å². The summed E-state index contributed by atoms with van der Waals surface area (Å²) in [5.41, 5.74) is 1.55. The largest absolute Gasteiger partial charge is 0.318 e. The fourth-order valence-corrected chi connectivity index (χ4v) is 3.39. The zero-order valence-corrected chi connectivity index (χ0v) is 10.9. The SMILES string of the molecule is CNCCN(C)CC1CSc2ccccc21. The Morgan fingerprint density at radius 3 is 3.06 bits per heavy atom. The first-order chi connectivity index (χ1) is 7.81. The Hall–Kier alpha value is -0.510. The molecule has 2 nitrogen and oxygen atoms in total. The van der Waals surface area contributed by atoms with Crippen molar-refractivity contribution in [2.24, 2.45) is 0 Å². The number of rotatable bonds is 5. The molecular formula is C13H20N2S. The maximum Gasteiger partial charge on any atom is 0.0108 e. The Kier molecular flexibility index (Phi) is 4.27. The van der Waals surface area contributed by atoms with Crippen LogP contribution in [-0.2, 0) is 0 Å². The summed E-state index contributed by atoms with van der Waals surface area (Å²) in [7, 11) is 4.22. The van der Waals surface area contributed by atoms with E-state index >= 15 is 0 Å². The van der Waals surface area contributed by atoms with Crippen molar-refractivity contribution in [2.45, 2.75) is 10.8 Å². The highest BCUT2D eigenvalue weighted by Crippen LogP contribution is 2.39. The van der Waals surface area contributed by atoms with Crippen LogP contribution < -0.4 is 5.32 Å². The Balaban J connectivity index is 1.92. The van der Waals surface area contributed by atoms with E-state index in [4.69, 9.17) is 0 Å². The molecule has 1 N–H and O–H groups in total. The molecule has 1 unspecified atom stereocenters. The Labute approximate surface area is 102 Å². The van der Waals surface area contributed by atoms with Crippen LogP contribution in [0.1, 0.15) is 11.5 Å². The van der Waals surface area contributed by atoms with Crippen LogP contribution in [0.4, 0.5) is 0 Å². The highest BCUT2D eigenvalue weighted by Gasteiger charge is 2.23. The third kappa shape index (κ3) is 2.78. The molecule has 0 saturated carbocycles. The molecule has 0 aliphatic carbocycles. The number of nitrogens with zero attached hydrogens (tertiary/aromatic N) is 1. The van der Waals surface area contributed by atoms with Gasteiger partial charge in [0.15, 0.2) is 0 Å². The van der Waals surface area contributed by atoms with Crippen molar-refractivity contribution in [1.29, 1.82) is 0 Å². The van der Waals surface area contributed by atoms with Gasteiger partial charge in [-0.05, 0) is 25.7 Å². The Bertz CT molecular complexity index is 340. The molecule has 1 aromatic carbocycles. The van der Waals surface area contributed by atoms with E-state index in [9.17, 15) is 0 Å². The molecule has 0 saturated heterocycles. The predicted octanol–water partition coefficient (Wildman–Crippen LogP) is 2.03. The minimum absolute atomic E-state index is 0.711. The van der Waals surface area contributed by atoms with Gasteiger partial charge in [0.1, 0.15) is 0 Å². The molecule has 1 atom stereocenters. The minimum Gasteiger partial charge on any atom is -0.318 e. The van der Waals surface area contributed by atoms with Crippen LogP contribution in [0.2, 0.25) is 0 Å². The van der Waals surface area contributed by atoms with Gasteiger partial charge in [-0.2, -0.15) is 0 Å². The van der Waals surface area contributed by atoms with Crippen molar-refractivity contribution in [1.82, 2.24) is 10.2 Å². The molecule has 16 heavy (non-hydrogen) atoms. The molecule has 1 aromatic rings. The van der Waals surface area contributed by atoms with E-state index in [-0.39, 0.29) is 0 Å². The highest BCUT2D eigenvalue weighted by molar-refractivity contribution is 7.99. The van der Waals surface area contributed by atoms with Crippen LogP contribution in [0, 0.1) is 0 Å². The first kappa shape index (κ1) is 12.0. The van der Waals surface area contributed by atoms with Crippen molar-refractivity contribution in [3.63, 3.8) is 0 Å². The van der Waals surface area contributed by atoms with Gasteiger partial charge in [-0.1, -0.05) is 18.2 Å². The van der Waals surface area contributed by atoms with E-state index in [0.29, 0.717) is 5.92 Å². The first-order valence-electron chi connectivity index (χ1n) is 5.86. The van der Waals surface area contributed by atoms with Gasteiger partial charge < -0.3 is 10.2 Å². The monoisotopic (exact) mass is 236 g/mol. The number of benzene rings is 1. The van der Waals surface area contributed by atoms with Gasteiger partial charge in [-0.3, -0.25) is 0 Å². The summed E-state index contributed by atoms with van der Waals surface area (Å²) in [6.07, 6.45) is 0. The van der Waals surface area contributed by atoms with Crippen LogP contribution in [0.3, 0.4) is 0 Å². The summed E-state index contributed by atoms with van der Waals surface area (Å²) in [4.78, 5) is 3.90. The normalized spacial score (nSPS) is 19.1. The van der Waals surface area contributed by atoms with E-state index in [2.05, 4.69) is 41.5 Å². The fraction of sp³-hybridized carbons (Fsp3) is 0.538. The Morgan fingerprint density at radius 1 is 1.44 bits per heavy atom. The maximum absolute atomic E-state index is 3.20. The van der Waals surface area contributed by atoms with E-state index in [0.717, 1.165) is 13.1 Å². The minimum atomic E-state index is 0.711. The zero-order valence-electron chi connectivity index (χ0n) is 10.1. The van der Waals surface area contributed by atoms with E-state index in [1.807, 2.05) is 18.8 Å². The lowest BCUT2D eigenvalue weighted by Gasteiger charge is -2.20. The average Bonchev–Trinajstić information content (AvgIpc) is 2.70. The molecule has 88 valence electrons. The molecule has 0 fully saturated rings. The summed E-state index contributed by atoms with van der Waals surface area (Å²) in [6, 6.07) is 8.82. The second kappa shape index (κ2) is 5.71. The molecule has 0 spiro atoms. The first-order valence-corrected chi connectivity index (χ1v) is 6.84. The van der Waals surface area contributed by atoms with E-state index in [1.165, 1.54) is 17.2 Å². The van der Waals surface area contributed by atoms with Crippen molar-refractivity contribution < 1.29 is 0 Å². The molecule has 0 radical (unpaired) electrons. The van der Waals surface area contributed by atoms with Crippen molar-refractivity contribution >= 4 is 11.8 Å². The molecule has 3 heteroatoms. The summed E-state index contributed by atoms with van der Waals surface area (Å²) in [5.74, 6) is 1.95. The topological polar surface area (TPSA) is 15.3 Å². The van der Waals surface area contributed by atoms with Gasteiger partial charge in [0, 0.05) is 36.2 Å². The van der Waals surface area contributed by atoms with Gasteiger partial charge in [0.25, 0.3) is 0 Å². The van der Waals surface area contributed by atoms with Gasteiger partial charge in [-0.25, -0.2) is 0 Å². The smallest absolute Gasteiger partial charge is 0.0108 e. The molecule has 1 heterocycles. The lowest BCUT2D eigenvalue weighted by molar-refractivity contribution is 0.320. The molecule has 2 rings (SSSR count). The second-order valence-corrected chi connectivity index (χ2v) is 5.47. The number of hydrogen-bond donors (Lipinski definition) is 1. The third-order valence-electron chi connectivity index (χ3n) is 3.07. The van der Waals surface area contributed by atoms with Crippen LogP contribution in [0.5, 0.6) is 0 Å². The standard InChI is InChI=1S/C13H20N2S/c1-14-7-8-15(2)9-11-10-16-13-6-4-3-5-12(11)13/h3-6,11,14H,7-10H2,1-2H3. The Morgan fingerprint density at radius 2 is 2.25 bits per heavy atom.